The summed E-state index contributed by atoms with van der Waals surface area (Å²) in [7, 11) is 6.26. The Bertz CT molecular complexity index is 2060. The molecule has 4 amide bonds. The third-order valence-corrected chi connectivity index (χ3v) is 11.2. The van der Waals surface area contributed by atoms with Crippen molar-refractivity contribution >= 4 is 24.0 Å². The molecule has 0 fully saturated rings. The number of amides is 4. The van der Waals surface area contributed by atoms with E-state index in [1.54, 1.807) is 79.2 Å². The van der Waals surface area contributed by atoms with Crippen molar-refractivity contribution < 1.29 is 28.7 Å². The molecule has 62 heavy (non-hydrogen) atoms. The number of nitrogens with one attached hydrogen (secondary N) is 4. The molecule has 0 saturated heterocycles. The summed E-state index contributed by atoms with van der Waals surface area (Å²) in [6.45, 7) is 26.2. The van der Waals surface area contributed by atoms with Crippen molar-refractivity contribution in [3.63, 3.8) is 0 Å². The number of aromatic nitrogens is 8. The van der Waals surface area contributed by atoms with E-state index >= 15 is 0 Å². The van der Waals surface area contributed by atoms with Gasteiger partial charge in [0.2, 0.25) is 0 Å². The molecule has 0 saturated carbocycles. The van der Waals surface area contributed by atoms with Crippen molar-refractivity contribution in [1.29, 1.82) is 0 Å². The molecular formula is C44H66N12O6. The second kappa shape index (κ2) is 17.4. The normalized spacial score (nSPS) is 15.3. The first kappa shape index (κ1) is 48.7. The van der Waals surface area contributed by atoms with Gasteiger partial charge in [-0.2, -0.15) is 0 Å². The lowest BCUT2D eigenvalue weighted by molar-refractivity contribution is -0.153. The SMILES string of the molecule is CN(C)C(=O)O[C@@](C)(C(=O)N[C@H](c1nc(-c2cnc(-c3cnc(-c4c[nH]c([C@@H](NC(=O)[C@](C)(OC(=O)N(C)C)C(C)(C)C)C(C)(C)C)n4)cn3)cn2)c[nH]1)C(C)(C)C)C(C)(C)C. The van der Waals surface area contributed by atoms with Crippen LogP contribution in [0.3, 0.4) is 0 Å². The Hall–Kier alpha value is -5.94. The maximum Gasteiger partial charge on any atom is 0.410 e. The minimum Gasteiger partial charge on any atom is -0.432 e. The summed E-state index contributed by atoms with van der Waals surface area (Å²) in [5.74, 6) is 0.0838. The second-order valence-corrected chi connectivity index (χ2v) is 20.6. The molecule has 18 heteroatoms. The quantitative estimate of drug-likeness (QED) is 0.118. The van der Waals surface area contributed by atoms with E-state index in [2.05, 4.69) is 40.5 Å². The van der Waals surface area contributed by atoms with Gasteiger partial charge in [0.15, 0.2) is 11.2 Å². The summed E-state index contributed by atoms with van der Waals surface area (Å²) >= 11 is 0. The number of nitrogens with zero attached hydrogens (tertiary/aromatic N) is 8. The van der Waals surface area contributed by atoms with Crippen LogP contribution >= 0.6 is 0 Å². The fraction of sp³-hybridized carbons (Fsp3) is 0.591. The molecule has 0 aliphatic heterocycles. The van der Waals surface area contributed by atoms with Crippen LogP contribution < -0.4 is 10.6 Å². The first-order valence-corrected chi connectivity index (χ1v) is 20.5. The standard InChI is InChI=1S/C44H66N12O6/c1-39(2,3)31(53-35(57)43(13,41(7,8)9)61-37(59)55(15)16)33-49-23-29(51-33)27-21-45-25(19-47-27)26-20-48-28(22-46-26)30-24-50-34(52-30)32(40(4,5)6)54-36(58)44(14,42(10,11)12)62-38(60)56(17)18/h19-24,31-32H,1-18H3,(H,49,51)(H,50,52)(H,53,57)(H,54,58)/t31-,32-,43+,44+/m1/s1. The number of rotatable bonds is 11. The van der Waals surface area contributed by atoms with Gasteiger partial charge in [-0.15, -0.1) is 0 Å². The minimum atomic E-state index is -1.49. The maximum atomic E-state index is 13.9. The number of aromatic amines is 2. The highest BCUT2D eigenvalue weighted by Crippen LogP contribution is 2.40. The summed E-state index contributed by atoms with van der Waals surface area (Å²) in [5.41, 5.74) is -2.48. The lowest BCUT2D eigenvalue weighted by atomic mass is 9.76. The zero-order valence-electron chi connectivity index (χ0n) is 39.6. The van der Waals surface area contributed by atoms with Crippen molar-refractivity contribution in [3.8, 4) is 34.2 Å². The lowest BCUT2D eigenvalue weighted by Gasteiger charge is -2.42. The molecule has 0 unspecified atom stereocenters. The van der Waals surface area contributed by atoms with E-state index in [4.69, 9.17) is 19.4 Å². The summed E-state index contributed by atoms with van der Waals surface area (Å²) in [6.07, 6.45) is 8.47. The van der Waals surface area contributed by atoms with Crippen LogP contribution in [-0.2, 0) is 19.1 Å². The van der Waals surface area contributed by atoms with Crippen LogP contribution in [0.2, 0.25) is 0 Å². The molecule has 4 rings (SSSR count). The average molecular weight is 859 g/mol. The molecule has 4 aromatic heterocycles. The number of H-pyrrole nitrogens is 2. The van der Waals surface area contributed by atoms with Gasteiger partial charge in [0.1, 0.15) is 45.8 Å². The zero-order chi connectivity index (χ0) is 47.0. The number of imidazole rings is 2. The van der Waals surface area contributed by atoms with E-state index in [0.29, 0.717) is 45.8 Å². The topological polar surface area (TPSA) is 226 Å². The molecule has 338 valence electrons. The highest BCUT2D eigenvalue weighted by Gasteiger charge is 2.51. The summed E-state index contributed by atoms with van der Waals surface area (Å²) in [5, 5.41) is 6.19. The van der Waals surface area contributed by atoms with Crippen LogP contribution in [0.4, 0.5) is 9.59 Å². The van der Waals surface area contributed by atoms with Crippen molar-refractivity contribution in [3.05, 3.63) is 48.8 Å². The molecule has 4 atom stereocenters. The molecular weight excluding hydrogens is 793 g/mol. The molecule has 0 radical (unpaired) electrons. The van der Waals surface area contributed by atoms with Gasteiger partial charge in [0, 0.05) is 51.4 Å². The fourth-order valence-corrected chi connectivity index (χ4v) is 5.96. The molecule has 0 aromatic carbocycles. The molecule has 4 heterocycles. The number of carbonyl (C=O) groups excluding carboxylic acids is 4. The number of hydrogen-bond acceptors (Lipinski definition) is 12. The molecule has 4 aromatic rings. The third kappa shape index (κ3) is 10.6. The van der Waals surface area contributed by atoms with Crippen LogP contribution in [0.1, 0.15) is 121 Å². The van der Waals surface area contributed by atoms with Gasteiger partial charge in [-0.05, 0) is 24.7 Å². The Balaban J connectivity index is 1.53. The highest BCUT2D eigenvalue weighted by atomic mass is 16.6. The van der Waals surface area contributed by atoms with Gasteiger partial charge < -0.3 is 39.9 Å². The number of ether oxygens (including phenoxy) is 2. The van der Waals surface area contributed by atoms with Crippen molar-refractivity contribution in [2.75, 3.05) is 28.2 Å². The summed E-state index contributed by atoms with van der Waals surface area (Å²) in [6, 6.07) is -1.17. The minimum absolute atomic E-state index is 0.453. The van der Waals surface area contributed by atoms with Gasteiger partial charge in [0.05, 0.1) is 36.9 Å². The lowest BCUT2D eigenvalue weighted by Crippen LogP contribution is -2.58. The van der Waals surface area contributed by atoms with Gasteiger partial charge in [-0.25, -0.2) is 19.6 Å². The van der Waals surface area contributed by atoms with Crippen LogP contribution in [0.25, 0.3) is 34.2 Å². The Morgan fingerprint density at radius 3 is 1.00 bits per heavy atom. The van der Waals surface area contributed by atoms with E-state index in [-0.39, 0.29) is 0 Å². The third-order valence-electron chi connectivity index (χ3n) is 11.2. The highest BCUT2D eigenvalue weighted by molar-refractivity contribution is 5.89. The molecule has 0 bridgehead atoms. The van der Waals surface area contributed by atoms with Crippen molar-refractivity contribution in [2.24, 2.45) is 21.7 Å². The predicted molar refractivity (Wildman–Crippen MR) is 235 cm³/mol. The Morgan fingerprint density at radius 1 is 0.500 bits per heavy atom. The smallest absolute Gasteiger partial charge is 0.410 e. The summed E-state index contributed by atoms with van der Waals surface area (Å²) in [4.78, 5) is 90.1. The molecule has 0 aliphatic carbocycles. The van der Waals surface area contributed by atoms with Crippen LogP contribution in [0.15, 0.2) is 37.2 Å². The largest absolute Gasteiger partial charge is 0.432 e. The monoisotopic (exact) mass is 859 g/mol. The van der Waals surface area contributed by atoms with Gasteiger partial charge >= 0.3 is 12.2 Å². The first-order chi connectivity index (χ1) is 28.3. The van der Waals surface area contributed by atoms with Gasteiger partial charge in [-0.3, -0.25) is 29.5 Å². The molecule has 0 aliphatic rings. The number of carbonyl (C=O) groups is 4. The van der Waals surface area contributed by atoms with Crippen LogP contribution in [0.5, 0.6) is 0 Å². The Labute approximate surface area is 365 Å². The maximum absolute atomic E-state index is 13.9. The number of hydrogen-bond donors (Lipinski definition) is 4. The Morgan fingerprint density at radius 2 is 0.774 bits per heavy atom. The van der Waals surface area contributed by atoms with E-state index in [1.807, 2.05) is 83.1 Å². The summed E-state index contributed by atoms with van der Waals surface area (Å²) < 4.78 is 11.6. The van der Waals surface area contributed by atoms with Gasteiger partial charge in [-0.1, -0.05) is 83.1 Å². The first-order valence-electron chi connectivity index (χ1n) is 20.5. The van der Waals surface area contributed by atoms with Crippen LogP contribution in [0, 0.1) is 21.7 Å². The van der Waals surface area contributed by atoms with E-state index in [9.17, 15) is 19.2 Å². The molecule has 4 N–H and O–H groups in total. The molecule has 0 spiro atoms. The van der Waals surface area contributed by atoms with Gasteiger partial charge in [0.25, 0.3) is 11.8 Å². The van der Waals surface area contributed by atoms with E-state index < -0.39 is 68.9 Å². The molecule has 18 nitrogen and oxygen atoms in total. The van der Waals surface area contributed by atoms with E-state index in [1.165, 1.54) is 9.80 Å². The Kier molecular flexibility index (Phi) is 13.7. The second-order valence-electron chi connectivity index (χ2n) is 20.6. The predicted octanol–water partition coefficient (Wildman–Crippen LogP) is 7.13. The average Bonchev–Trinajstić information content (AvgIpc) is 3.85. The van der Waals surface area contributed by atoms with Crippen molar-refractivity contribution in [2.45, 2.75) is 120 Å². The fourth-order valence-electron chi connectivity index (χ4n) is 5.96. The zero-order valence-corrected chi connectivity index (χ0v) is 39.6. The van der Waals surface area contributed by atoms with E-state index in [0.717, 1.165) is 0 Å². The van der Waals surface area contributed by atoms with Crippen molar-refractivity contribution in [1.82, 2.24) is 60.3 Å². The van der Waals surface area contributed by atoms with Crippen LogP contribution in [-0.4, -0.2) is 113 Å².